The van der Waals surface area contributed by atoms with Crippen LogP contribution in [0.25, 0.3) is 0 Å². The zero-order valence-corrected chi connectivity index (χ0v) is 9.14. The largest absolute Gasteiger partial charge is 0.296 e. The molecule has 74 valence electrons. The Bertz CT molecular complexity index is 224. The Kier molecular flexibility index (Phi) is 2.03. The van der Waals surface area contributed by atoms with Gasteiger partial charge in [0.25, 0.3) is 0 Å². The summed E-state index contributed by atoms with van der Waals surface area (Å²) in [6, 6.07) is 0.812. The molecule has 2 aliphatic heterocycles. The van der Waals surface area contributed by atoms with E-state index in [1.54, 1.807) is 0 Å². The average Bonchev–Trinajstić information content (AvgIpc) is 2.41. The molecule has 2 atom stereocenters. The van der Waals surface area contributed by atoms with E-state index in [4.69, 9.17) is 0 Å². The van der Waals surface area contributed by atoms with Crippen molar-refractivity contribution in [1.29, 1.82) is 0 Å². The van der Waals surface area contributed by atoms with Crippen LogP contribution in [0.15, 0.2) is 12.2 Å². The van der Waals surface area contributed by atoms with Crippen molar-refractivity contribution in [2.45, 2.75) is 39.7 Å². The molecule has 0 aromatic heterocycles. The maximum Gasteiger partial charge on any atom is 0.0196 e. The first-order valence-electron chi connectivity index (χ1n) is 5.42. The van der Waals surface area contributed by atoms with Gasteiger partial charge in [-0.3, -0.25) is 4.90 Å². The molecule has 0 radical (unpaired) electrons. The summed E-state index contributed by atoms with van der Waals surface area (Å²) >= 11 is 0. The summed E-state index contributed by atoms with van der Waals surface area (Å²) in [4.78, 5) is 2.62. The summed E-state index contributed by atoms with van der Waals surface area (Å²) in [6.45, 7) is 13.8. The molecule has 13 heavy (non-hydrogen) atoms. The van der Waals surface area contributed by atoms with Gasteiger partial charge in [-0.15, -0.1) is 0 Å². The van der Waals surface area contributed by atoms with Gasteiger partial charge in [0.05, 0.1) is 0 Å². The molecule has 0 aromatic carbocycles. The summed E-state index contributed by atoms with van der Waals surface area (Å²) in [5, 5.41) is 0. The lowest BCUT2D eigenvalue weighted by Crippen LogP contribution is -2.32. The molecule has 0 aliphatic carbocycles. The zero-order chi connectivity index (χ0) is 9.64. The minimum Gasteiger partial charge on any atom is -0.296 e. The molecule has 0 N–H and O–H groups in total. The van der Waals surface area contributed by atoms with Crippen LogP contribution in [0.3, 0.4) is 0 Å². The van der Waals surface area contributed by atoms with Gasteiger partial charge in [0.2, 0.25) is 0 Å². The molecule has 2 unspecified atom stereocenters. The van der Waals surface area contributed by atoms with Crippen LogP contribution in [0.4, 0.5) is 0 Å². The molecular formula is C12H21N. The minimum absolute atomic E-state index is 0.404. The number of hydrogen-bond acceptors (Lipinski definition) is 1. The van der Waals surface area contributed by atoms with Gasteiger partial charge in [0, 0.05) is 18.5 Å². The van der Waals surface area contributed by atoms with Crippen molar-refractivity contribution in [3.63, 3.8) is 0 Å². The predicted molar refractivity (Wildman–Crippen MR) is 56.7 cm³/mol. The fourth-order valence-electron chi connectivity index (χ4n) is 3.25. The van der Waals surface area contributed by atoms with Gasteiger partial charge in [-0.05, 0) is 24.8 Å². The van der Waals surface area contributed by atoms with Crippen LogP contribution < -0.4 is 0 Å². The second-order valence-electron chi connectivity index (χ2n) is 5.68. The highest BCUT2D eigenvalue weighted by atomic mass is 15.2. The molecule has 0 spiro atoms. The third kappa shape index (κ3) is 1.43. The first-order valence-corrected chi connectivity index (χ1v) is 5.42. The lowest BCUT2D eigenvalue weighted by Gasteiger charge is -2.32. The molecule has 1 nitrogen and oxygen atoms in total. The first-order chi connectivity index (χ1) is 6.00. The van der Waals surface area contributed by atoms with E-state index in [0.717, 1.165) is 18.5 Å². The van der Waals surface area contributed by atoms with Crippen molar-refractivity contribution < 1.29 is 0 Å². The quantitative estimate of drug-likeness (QED) is 0.517. The molecular weight excluding hydrogens is 158 g/mol. The summed E-state index contributed by atoms with van der Waals surface area (Å²) in [5.74, 6) is 0.731. The fourth-order valence-corrected chi connectivity index (χ4v) is 3.25. The Morgan fingerprint density at radius 2 is 2.08 bits per heavy atom. The van der Waals surface area contributed by atoms with Crippen LogP contribution in [0.5, 0.6) is 0 Å². The van der Waals surface area contributed by atoms with Gasteiger partial charge in [-0.1, -0.05) is 32.9 Å². The van der Waals surface area contributed by atoms with Gasteiger partial charge < -0.3 is 0 Å². The van der Waals surface area contributed by atoms with E-state index in [1.165, 1.54) is 25.0 Å². The Morgan fingerprint density at radius 1 is 1.38 bits per heavy atom. The molecule has 2 rings (SSSR count). The summed E-state index contributed by atoms with van der Waals surface area (Å²) in [5.41, 5.74) is 1.87. The lowest BCUT2D eigenvalue weighted by molar-refractivity contribution is 0.196. The molecule has 2 fully saturated rings. The van der Waals surface area contributed by atoms with Crippen molar-refractivity contribution >= 4 is 0 Å². The van der Waals surface area contributed by atoms with Gasteiger partial charge >= 0.3 is 0 Å². The maximum absolute atomic E-state index is 4.24. The van der Waals surface area contributed by atoms with Gasteiger partial charge in [0.1, 0.15) is 0 Å². The van der Waals surface area contributed by atoms with Crippen LogP contribution >= 0.6 is 0 Å². The number of rotatable bonds is 0. The Morgan fingerprint density at radius 3 is 2.69 bits per heavy atom. The van der Waals surface area contributed by atoms with Crippen molar-refractivity contribution in [1.82, 2.24) is 4.90 Å². The Labute approximate surface area is 81.8 Å². The predicted octanol–water partition coefficient (Wildman–Crippen LogP) is 2.68. The highest BCUT2D eigenvalue weighted by Gasteiger charge is 2.44. The van der Waals surface area contributed by atoms with E-state index in [1.807, 2.05) is 0 Å². The lowest BCUT2D eigenvalue weighted by atomic mass is 9.74. The monoisotopic (exact) mass is 179 g/mol. The van der Waals surface area contributed by atoms with Crippen molar-refractivity contribution in [3.05, 3.63) is 12.2 Å². The van der Waals surface area contributed by atoms with Crippen LogP contribution in [0, 0.1) is 11.3 Å². The molecule has 1 heteroatoms. The molecule has 0 amide bonds. The van der Waals surface area contributed by atoms with Crippen LogP contribution in [0.1, 0.15) is 33.6 Å². The standard InChI is InChI=1S/C12H21N/c1-9-8-13-7-5-6-10(13)11(9)12(2,3)4/h10-11H,1,5-8H2,2-4H3. The van der Waals surface area contributed by atoms with E-state index in [-0.39, 0.29) is 0 Å². The topological polar surface area (TPSA) is 3.24 Å². The second kappa shape index (κ2) is 2.84. The van der Waals surface area contributed by atoms with Crippen molar-refractivity contribution in [2.24, 2.45) is 11.3 Å². The maximum atomic E-state index is 4.24. The second-order valence-corrected chi connectivity index (χ2v) is 5.68. The van der Waals surface area contributed by atoms with Gasteiger partial charge in [0.15, 0.2) is 0 Å². The van der Waals surface area contributed by atoms with E-state index < -0.39 is 0 Å². The van der Waals surface area contributed by atoms with E-state index in [9.17, 15) is 0 Å². The van der Waals surface area contributed by atoms with Crippen molar-refractivity contribution in [2.75, 3.05) is 13.1 Å². The average molecular weight is 179 g/mol. The first kappa shape index (κ1) is 9.26. The van der Waals surface area contributed by atoms with Crippen LogP contribution in [-0.4, -0.2) is 24.0 Å². The van der Waals surface area contributed by atoms with Crippen LogP contribution in [0.2, 0.25) is 0 Å². The highest BCUT2D eigenvalue weighted by molar-refractivity contribution is 5.18. The molecule has 2 saturated heterocycles. The molecule has 0 bridgehead atoms. The van der Waals surface area contributed by atoms with Gasteiger partial charge in [-0.25, -0.2) is 0 Å². The normalized spacial score (nSPS) is 35.5. The minimum atomic E-state index is 0.404. The van der Waals surface area contributed by atoms with Gasteiger partial charge in [-0.2, -0.15) is 0 Å². The summed E-state index contributed by atoms with van der Waals surface area (Å²) in [7, 11) is 0. The number of nitrogens with zero attached hydrogens (tertiary/aromatic N) is 1. The van der Waals surface area contributed by atoms with Crippen LogP contribution in [-0.2, 0) is 0 Å². The van der Waals surface area contributed by atoms with E-state index in [2.05, 4.69) is 32.3 Å². The zero-order valence-electron chi connectivity index (χ0n) is 9.14. The van der Waals surface area contributed by atoms with Crippen molar-refractivity contribution in [3.8, 4) is 0 Å². The third-order valence-corrected chi connectivity index (χ3v) is 3.58. The third-order valence-electron chi connectivity index (χ3n) is 3.58. The smallest absolute Gasteiger partial charge is 0.0196 e. The Hall–Kier alpha value is -0.300. The highest BCUT2D eigenvalue weighted by Crippen LogP contribution is 2.44. The molecule has 2 aliphatic rings. The molecule has 0 saturated carbocycles. The SMILES string of the molecule is C=C1CN2CCCC2C1C(C)(C)C. The Balaban J connectivity index is 2.22. The van der Waals surface area contributed by atoms with E-state index >= 15 is 0 Å². The number of fused-ring (bicyclic) bond motifs is 1. The fraction of sp³-hybridized carbons (Fsp3) is 0.833. The number of hydrogen-bond donors (Lipinski definition) is 0. The molecule has 2 heterocycles. The van der Waals surface area contributed by atoms with E-state index in [0.29, 0.717) is 5.41 Å². The summed E-state index contributed by atoms with van der Waals surface area (Å²) < 4.78 is 0. The summed E-state index contributed by atoms with van der Waals surface area (Å²) in [6.07, 6.45) is 2.78. The molecule has 0 aromatic rings.